The van der Waals surface area contributed by atoms with Crippen molar-refractivity contribution in [1.29, 1.82) is 0 Å². The molecule has 0 bridgehead atoms. The van der Waals surface area contributed by atoms with E-state index in [1.807, 2.05) is 18.5 Å². The summed E-state index contributed by atoms with van der Waals surface area (Å²) >= 11 is 5.91. The zero-order valence-electron chi connectivity index (χ0n) is 17.6. The molecule has 0 aromatic carbocycles. The lowest BCUT2D eigenvalue weighted by atomic mass is 10.1. The number of rotatable bonds is 7. The molecule has 160 valence electrons. The van der Waals surface area contributed by atoms with E-state index in [-0.39, 0.29) is 23.8 Å². The van der Waals surface area contributed by atoms with Crippen LogP contribution in [0.4, 0.5) is 0 Å². The van der Waals surface area contributed by atoms with Gasteiger partial charge in [-0.15, -0.1) is 0 Å². The van der Waals surface area contributed by atoms with Crippen LogP contribution in [0.15, 0.2) is 43.1 Å². The summed E-state index contributed by atoms with van der Waals surface area (Å²) in [7, 11) is 0. The Balaban J connectivity index is 1.69. The number of carbonyl (C=O) groups is 1. The van der Waals surface area contributed by atoms with Crippen molar-refractivity contribution >= 4 is 28.5 Å². The average Bonchev–Trinajstić information content (AvgIpc) is 3.32. The maximum Gasteiger partial charge on any atom is 0.327 e. The molecule has 0 spiro atoms. The van der Waals surface area contributed by atoms with E-state index in [1.54, 1.807) is 24.0 Å². The lowest BCUT2D eigenvalue weighted by Crippen LogP contribution is -2.13. The predicted molar refractivity (Wildman–Crippen MR) is 118 cm³/mol. The zero-order chi connectivity index (χ0) is 22.0. The topological polar surface area (TPSA) is 87.7 Å². The van der Waals surface area contributed by atoms with Crippen LogP contribution >= 0.6 is 11.6 Å². The lowest BCUT2D eigenvalue weighted by Gasteiger charge is -2.09. The fourth-order valence-electron chi connectivity index (χ4n) is 3.52. The summed E-state index contributed by atoms with van der Waals surface area (Å²) < 4.78 is 8.81. The Morgan fingerprint density at radius 2 is 2.03 bits per heavy atom. The molecule has 4 heterocycles. The number of esters is 1. The molecule has 0 amide bonds. The van der Waals surface area contributed by atoms with E-state index < -0.39 is 0 Å². The van der Waals surface area contributed by atoms with Crippen LogP contribution in [0, 0.1) is 0 Å². The third-order valence-electron chi connectivity index (χ3n) is 4.92. The molecule has 0 unspecified atom stereocenters. The highest BCUT2D eigenvalue weighted by Crippen LogP contribution is 2.32. The number of ether oxygens (including phenoxy) is 1. The van der Waals surface area contributed by atoms with Crippen LogP contribution in [-0.4, -0.2) is 41.9 Å². The molecule has 8 nitrogen and oxygen atoms in total. The monoisotopic (exact) mass is 438 g/mol. The van der Waals surface area contributed by atoms with Crippen molar-refractivity contribution in [1.82, 2.24) is 29.3 Å². The molecule has 9 heteroatoms. The van der Waals surface area contributed by atoms with Gasteiger partial charge in [0.25, 0.3) is 0 Å². The van der Waals surface area contributed by atoms with Gasteiger partial charge >= 0.3 is 5.97 Å². The quantitative estimate of drug-likeness (QED) is 0.319. The summed E-state index contributed by atoms with van der Waals surface area (Å²) in [6.45, 7) is 6.49. The van der Waals surface area contributed by atoms with Gasteiger partial charge in [-0.25, -0.2) is 9.97 Å². The number of aromatic nitrogens is 6. The third-order valence-corrected chi connectivity index (χ3v) is 5.10. The highest BCUT2D eigenvalue weighted by Gasteiger charge is 2.16. The Kier molecular flexibility index (Phi) is 5.99. The van der Waals surface area contributed by atoms with Gasteiger partial charge in [0.05, 0.1) is 24.0 Å². The minimum Gasteiger partial charge on any atom is -0.465 e. The van der Waals surface area contributed by atoms with E-state index >= 15 is 0 Å². The van der Waals surface area contributed by atoms with E-state index in [9.17, 15) is 4.79 Å². The van der Waals surface area contributed by atoms with Gasteiger partial charge < -0.3 is 9.30 Å². The second-order valence-corrected chi connectivity index (χ2v) is 7.80. The standard InChI is InChI=1S/C22H23ClN6O2/c1-4-31-21(30)13-28-11-15(9-26-28)19-12-29(14(2)3)20-8-17(25-10-18(19)20)7-16-5-6-24-22(23)27-16/h5-6,8-12,14H,4,7,13H2,1-3H3. The van der Waals surface area contributed by atoms with Gasteiger partial charge in [0.15, 0.2) is 0 Å². The van der Waals surface area contributed by atoms with Crippen LogP contribution in [0.5, 0.6) is 0 Å². The van der Waals surface area contributed by atoms with Crippen molar-refractivity contribution in [3.8, 4) is 11.1 Å². The fraction of sp³-hybridized carbons (Fsp3) is 0.318. The zero-order valence-corrected chi connectivity index (χ0v) is 18.4. The summed E-state index contributed by atoms with van der Waals surface area (Å²) in [5.41, 5.74) is 4.73. The number of nitrogens with zero attached hydrogens (tertiary/aromatic N) is 6. The summed E-state index contributed by atoms with van der Waals surface area (Å²) in [6.07, 6.45) is 9.81. The minimum absolute atomic E-state index is 0.0839. The molecule has 4 aromatic heterocycles. The van der Waals surface area contributed by atoms with E-state index in [0.717, 1.165) is 33.4 Å². The second-order valence-electron chi connectivity index (χ2n) is 7.46. The maximum atomic E-state index is 11.8. The Hall–Kier alpha value is -3.26. The molecule has 0 saturated heterocycles. The van der Waals surface area contributed by atoms with Crippen molar-refractivity contribution in [3.63, 3.8) is 0 Å². The number of pyridine rings is 1. The molecular formula is C22H23ClN6O2. The molecule has 0 aliphatic rings. The molecular weight excluding hydrogens is 416 g/mol. The first kappa shape index (κ1) is 21.0. The van der Waals surface area contributed by atoms with Crippen LogP contribution in [0.1, 0.15) is 38.2 Å². The van der Waals surface area contributed by atoms with E-state index in [0.29, 0.717) is 13.0 Å². The summed E-state index contributed by atoms with van der Waals surface area (Å²) in [5, 5.41) is 5.57. The Morgan fingerprint density at radius 3 is 2.77 bits per heavy atom. The Labute approximate surface area is 184 Å². The van der Waals surface area contributed by atoms with Crippen molar-refractivity contribution in [2.45, 2.75) is 39.8 Å². The van der Waals surface area contributed by atoms with Crippen LogP contribution in [0.25, 0.3) is 22.0 Å². The number of carbonyl (C=O) groups excluding carboxylic acids is 1. The van der Waals surface area contributed by atoms with Crippen molar-refractivity contribution in [2.75, 3.05) is 6.61 Å². The van der Waals surface area contributed by atoms with Crippen molar-refractivity contribution < 1.29 is 9.53 Å². The minimum atomic E-state index is -0.308. The number of fused-ring (bicyclic) bond motifs is 1. The highest BCUT2D eigenvalue weighted by atomic mass is 35.5. The molecule has 0 fully saturated rings. The number of hydrogen-bond donors (Lipinski definition) is 0. The fourth-order valence-corrected chi connectivity index (χ4v) is 3.69. The van der Waals surface area contributed by atoms with Gasteiger partial charge in [0.2, 0.25) is 5.28 Å². The van der Waals surface area contributed by atoms with Gasteiger partial charge in [-0.3, -0.25) is 14.5 Å². The molecule has 0 radical (unpaired) electrons. The molecule has 0 aliphatic carbocycles. The van der Waals surface area contributed by atoms with Gasteiger partial charge in [-0.1, -0.05) is 0 Å². The van der Waals surface area contributed by atoms with Crippen LogP contribution in [-0.2, 0) is 22.5 Å². The highest BCUT2D eigenvalue weighted by molar-refractivity contribution is 6.28. The van der Waals surface area contributed by atoms with E-state index in [1.165, 1.54) is 0 Å². The first-order valence-electron chi connectivity index (χ1n) is 10.1. The van der Waals surface area contributed by atoms with Gasteiger partial charge in [0, 0.05) is 59.5 Å². The average molecular weight is 439 g/mol. The van der Waals surface area contributed by atoms with Gasteiger partial charge in [-0.05, 0) is 44.5 Å². The molecule has 4 aromatic rings. The van der Waals surface area contributed by atoms with Crippen LogP contribution < -0.4 is 0 Å². The van der Waals surface area contributed by atoms with Crippen LogP contribution in [0.2, 0.25) is 5.28 Å². The van der Waals surface area contributed by atoms with Crippen molar-refractivity contribution in [3.05, 3.63) is 59.8 Å². The second kappa shape index (κ2) is 8.85. The van der Waals surface area contributed by atoms with Crippen LogP contribution in [0.3, 0.4) is 0 Å². The summed E-state index contributed by atoms with van der Waals surface area (Å²) in [6, 6.07) is 4.18. The number of hydrogen-bond acceptors (Lipinski definition) is 6. The first-order valence-corrected chi connectivity index (χ1v) is 10.5. The van der Waals surface area contributed by atoms with E-state index in [2.05, 4.69) is 50.7 Å². The molecule has 31 heavy (non-hydrogen) atoms. The van der Waals surface area contributed by atoms with E-state index in [4.69, 9.17) is 16.3 Å². The summed E-state index contributed by atoms with van der Waals surface area (Å²) in [5.74, 6) is -0.308. The van der Waals surface area contributed by atoms with Gasteiger partial charge in [0.1, 0.15) is 6.54 Å². The maximum absolute atomic E-state index is 11.8. The normalized spacial score (nSPS) is 11.4. The third kappa shape index (κ3) is 4.59. The smallest absolute Gasteiger partial charge is 0.327 e. The van der Waals surface area contributed by atoms with Gasteiger partial charge in [-0.2, -0.15) is 5.10 Å². The molecule has 0 saturated carbocycles. The van der Waals surface area contributed by atoms with Crippen molar-refractivity contribution in [2.24, 2.45) is 0 Å². The molecule has 0 aliphatic heterocycles. The molecule has 4 rings (SSSR count). The Morgan fingerprint density at radius 1 is 1.19 bits per heavy atom. The Bertz CT molecular complexity index is 1230. The predicted octanol–water partition coefficient (Wildman–Crippen LogP) is 4.08. The lowest BCUT2D eigenvalue weighted by molar-refractivity contribution is -0.144. The first-order chi connectivity index (χ1) is 14.9. The summed E-state index contributed by atoms with van der Waals surface area (Å²) in [4.78, 5) is 24.6. The molecule has 0 atom stereocenters. The SMILES string of the molecule is CCOC(=O)Cn1cc(-c2cn(C(C)C)c3cc(Cc4ccnc(Cl)n4)ncc23)cn1. The largest absolute Gasteiger partial charge is 0.465 e. The molecule has 0 N–H and O–H groups in total. The number of halogens is 1.